The number of hydrogen-bond acceptors (Lipinski definition) is 5. The highest BCUT2D eigenvalue weighted by Crippen LogP contribution is 2.28. The summed E-state index contributed by atoms with van der Waals surface area (Å²) in [4.78, 5) is 11.2. The van der Waals surface area contributed by atoms with Gasteiger partial charge in [0.2, 0.25) is 10.0 Å². The first-order valence-corrected chi connectivity index (χ1v) is 10.5. The van der Waals surface area contributed by atoms with Gasteiger partial charge in [-0.05, 0) is 42.8 Å². The summed E-state index contributed by atoms with van der Waals surface area (Å²) in [6, 6.07) is 12.3. The van der Waals surface area contributed by atoms with E-state index in [1.165, 1.54) is 4.31 Å². The zero-order valence-corrected chi connectivity index (χ0v) is 16.4. The highest BCUT2D eigenvalue weighted by atomic mass is 35.5. The van der Waals surface area contributed by atoms with Crippen LogP contribution in [0.2, 0.25) is 5.02 Å². The number of piperazine rings is 1. The van der Waals surface area contributed by atoms with Crippen LogP contribution in [0.4, 0.5) is 5.82 Å². The molecule has 3 aromatic rings. The number of fused-ring (bicyclic) bond motifs is 1. The zero-order chi connectivity index (χ0) is 19.0. The Bertz CT molecular complexity index is 1070. The second-order valence-electron chi connectivity index (χ2n) is 6.51. The predicted octanol–water partition coefficient (Wildman–Crippen LogP) is 3.10. The Labute approximate surface area is 163 Å². The van der Waals surface area contributed by atoms with Gasteiger partial charge in [0.1, 0.15) is 12.1 Å². The number of aromatic nitrogens is 2. The van der Waals surface area contributed by atoms with Crippen molar-refractivity contribution in [3.8, 4) is 0 Å². The fourth-order valence-corrected chi connectivity index (χ4v) is 4.94. The summed E-state index contributed by atoms with van der Waals surface area (Å²) in [5, 5.41) is 1.54. The lowest BCUT2D eigenvalue weighted by atomic mass is 10.1. The lowest BCUT2D eigenvalue weighted by Crippen LogP contribution is -2.49. The zero-order valence-electron chi connectivity index (χ0n) is 14.8. The summed E-state index contributed by atoms with van der Waals surface area (Å²) in [7, 11) is -3.52. The van der Waals surface area contributed by atoms with Crippen molar-refractivity contribution in [2.75, 3.05) is 31.1 Å². The van der Waals surface area contributed by atoms with Crippen LogP contribution >= 0.6 is 11.6 Å². The predicted molar refractivity (Wildman–Crippen MR) is 107 cm³/mol. The second kappa shape index (κ2) is 7.07. The normalized spacial score (nSPS) is 16.0. The van der Waals surface area contributed by atoms with Gasteiger partial charge in [-0.1, -0.05) is 23.7 Å². The van der Waals surface area contributed by atoms with Gasteiger partial charge in [0.25, 0.3) is 0 Å². The van der Waals surface area contributed by atoms with E-state index < -0.39 is 10.0 Å². The summed E-state index contributed by atoms with van der Waals surface area (Å²) < 4.78 is 27.2. The van der Waals surface area contributed by atoms with E-state index in [4.69, 9.17) is 11.6 Å². The Kier molecular flexibility index (Phi) is 4.75. The summed E-state index contributed by atoms with van der Waals surface area (Å²) in [6.07, 6.45) is 1.56. The van der Waals surface area contributed by atoms with Crippen molar-refractivity contribution in [3.63, 3.8) is 0 Å². The van der Waals surface area contributed by atoms with E-state index >= 15 is 0 Å². The Morgan fingerprint density at radius 2 is 1.67 bits per heavy atom. The molecule has 0 radical (unpaired) electrons. The van der Waals surface area contributed by atoms with Crippen molar-refractivity contribution >= 4 is 38.3 Å². The summed E-state index contributed by atoms with van der Waals surface area (Å²) >= 11 is 5.87. The molecule has 8 heteroatoms. The van der Waals surface area contributed by atoms with Crippen molar-refractivity contribution in [1.82, 2.24) is 14.3 Å². The SMILES string of the molecule is Cc1cccc2ncnc(N3CCN(S(=O)(=O)c4ccc(Cl)cc4)CC3)c12. The smallest absolute Gasteiger partial charge is 0.243 e. The van der Waals surface area contributed by atoms with E-state index in [0.717, 1.165) is 22.3 Å². The molecule has 0 bridgehead atoms. The summed E-state index contributed by atoms with van der Waals surface area (Å²) in [5.41, 5.74) is 2.01. The van der Waals surface area contributed by atoms with Gasteiger partial charge in [0.15, 0.2) is 0 Å². The van der Waals surface area contributed by atoms with Crippen LogP contribution in [-0.4, -0.2) is 48.9 Å². The molecular weight excluding hydrogens is 384 g/mol. The number of benzene rings is 2. The van der Waals surface area contributed by atoms with E-state index in [9.17, 15) is 8.42 Å². The molecule has 0 atom stereocenters. The quantitative estimate of drug-likeness (QED) is 0.673. The minimum absolute atomic E-state index is 0.267. The van der Waals surface area contributed by atoms with Crippen molar-refractivity contribution < 1.29 is 8.42 Å². The summed E-state index contributed by atoms with van der Waals surface area (Å²) in [5.74, 6) is 0.863. The second-order valence-corrected chi connectivity index (χ2v) is 8.89. The standard InChI is InChI=1S/C19H19ClN4O2S/c1-14-3-2-4-17-18(14)19(22-13-21-17)23-9-11-24(12-10-23)27(25,26)16-7-5-15(20)6-8-16/h2-8,13H,9-12H2,1H3. The van der Waals surface area contributed by atoms with Crippen LogP contribution in [0.15, 0.2) is 53.7 Å². The van der Waals surface area contributed by atoms with E-state index in [0.29, 0.717) is 31.2 Å². The van der Waals surface area contributed by atoms with Crippen molar-refractivity contribution in [2.45, 2.75) is 11.8 Å². The van der Waals surface area contributed by atoms with Crippen molar-refractivity contribution in [1.29, 1.82) is 0 Å². The van der Waals surface area contributed by atoms with E-state index in [1.807, 2.05) is 25.1 Å². The van der Waals surface area contributed by atoms with Gasteiger partial charge < -0.3 is 4.90 Å². The molecule has 140 valence electrons. The number of rotatable bonds is 3. The first kappa shape index (κ1) is 18.2. The highest BCUT2D eigenvalue weighted by molar-refractivity contribution is 7.89. The van der Waals surface area contributed by atoms with Crippen LogP contribution in [0.25, 0.3) is 10.9 Å². The number of nitrogens with zero attached hydrogens (tertiary/aromatic N) is 4. The molecule has 2 aromatic carbocycles. The van der Waals surface area contributed by atoms with E-state index in [2.05, 4.69) is 14.9 Å². The van der Waals surface area contributed by atoms with Crippen LogP contribution < -0.4 is 4.90 Å². The molecule has 0 amide bonds. The van der Waals surface area contributed by atoms with Crippen LogP contribution in [0.1, 0.15) is 5.56 Å². The maximum atomic E-state index is 12.8. The topological polar surface area (TPSA) is 66.4 Å². The molecule has 6 nitrogen and oxygen atoms in total. The van der Waals surface area contributed by atoms with Crippen LogP contribution in [-0.2, 0) is 10.0 Å². The molecule has 0 unspecified atom stereocenters. The van der Waals surface area contributed by atoms with Crippen molar-refractivity contribution in [3.05, 3.63) is 59.4 Å². The number of aryl methyl sites for hydroxylation is 1. The molecular formula is C19H19ClN4O2S. The Morgan fingerprint density at radius 3 is 2.37 bits per heavy atom. The van der Waals surface area contributed by atoms with Crippen LogP contribution in [0.5, 0.6) is 0 Å². The third-order valence-electron chi connectivity index (χ3n) is 4.84. The number of halogens is 1. The van der Waals surface area contributed by atoms with Gasteiger partial charge in [-0.3, -0.25) is 0 Å². The van der Waals surface area contributed by atoms with Crippen LogP contribution in [0.3, 0.4) is 0 Å². The van der Waals surface area contributed by atoms with Gasteiger partial charge >= 0.3 is 0 Å². The number of hydrogen-bond donors (Lipinski definition) is 0. The minimum atomic E-state index is -3.52. The van der Waals surface area contributed by atoms with Gasteiger partial charge in [0.05, 0.1) is 10.4 Å². The number of sulfonamides is 1. The molecule has 0 spiro atoms. The van der Waals surface area contributed by atoms with Gasteiger partial charge in [0, 0.05) is 36.6 Å². The first-order valence-electron chi connectivity index (χ1n) is 8.68. The molecule has 27 heavy (non-hydrogen) atoms. The maximum absolute atomic E-state index is 12.8. The molecule has 0 saturated carbocycles. The maximum Gasteiger partial charge on any atom is 0.243 e. The minimum Gasteiger partial charge on any atom is -0.353 e. The average molecular weight is 403 g/mol. The third-order valence-corrected chi connectivity index (χ3v) is 7.01. The molecule has 4 rings (SSSR count). The van der Waals surface area contributed by atoms with Gasteiger partial charge in [-0.25, -0.2) is 18.4 Å². The largest absolute Gasteiger partial charge is 0.353 e. The third kappa shape index (κ3) is 3.38. The first-order chi connectivity index (χ1) is 13.0. The summed E-state index contributed by atoms with van der Waals surface area (Å²) in [6.45, 7) is 4.00. The lowest BCUT2D eigenvalue weighted by molar-refractivity contribution is 0.384. The van der Waals surface area contributed by atoms with Crippen LogP contribution in [0, 0.1) is 6.92 Å². The Balaban J connectivity index is 1.57. The van der Waals surface area contributed by atoms with E-state index in [1.54, 1.807) is 30.6 Å². The monoisotopic (exact) mass is 402 g/mol. The van der Waals surface area contributed by atoms with Crippen molar-refractivity contribution in [2.24, 2.45) is 0 Å². The number of anilines is 1. The molecule has 1 aromatic heterocycles. The molecule has 0 aliphatic carbocycles. The molecule has 1 aliphatic rings. The molecule has 0 N–H and O–H groups in total. The lowest BCUT2D eigenvalue weighted by Gasteiger charge is -2.35. The molecule has 2 heterocycles. The van der Waals surface area contributed by atoms with E-state index in [-0.39, 0.29) is 4.90 Å². The van der Waals surface area contributed by atoms with Gasteiger partial charge in [-0.2, -0.15) is 4.31 Å². The molecule has 1 saturated heterocycles. The Morgan fingerprint density at radius 1 is 0.963 bits per heavy atom. The average Bonchev–Trinajstić information content (AvgIpc) is 2.68. The fourth-order valence-electron chi connectivity index (χ4n) is 3.40. The highest BCUT2D eigenvalue weighted by Gasteiger charge is 2.29. The molecule has 1 fully saturated rings. The fraction of sp³-hybridized carbons (Fsp3) is 0.263. The molecule has 1 aliphatic heterocycles. The Hall–Kier alpha value is -2.22. The van der Waals surface area contributed by atoms with Gasteiger partial charge in [-0.15, -0.1) is 0 Å².